The van der Waals surface area contributed by atoms with Crippen LogP contribution in [0.5, 0.6) is 0 Å². The van der Waals surface area contributed by atoms with Gasteiger partial charge >= 0.3 is 0 Å². The lowest BCUT2D eigenvalue weighted by Gasteiger charge is -1.67. The molecule has 0 saturated carbocycles. The number of rotatable bonds is 0. The first-order chi connectivity index (χ1) is 2.89. The Morgan fingerprint density at radius 1 is 1.67 bits per heavy atom. The average Bonchev–Trinajstić information content (AvgIpc) is 1.86. The van der Waals surface area contributed by atoms with Crippen LogP contribution in [-0.2, 0) is 0 Å². The molecule has 1 rings (SSSR count). The number of hydrogen-bond donors (Lipinski definition) is 0. The monoisotopic (exact) mass is 196 g/mol. The molecule has 0 aliphatic carbocycles. The maximum Gasteiger partial charge on any atom is 0.149 e. The standard InChI is InChI=1S/CHIN4/c2-6-1-3-4-5-6/h1H. The summed E-state index contributed by atoms with van der Waals surface area (Å²) in [7, 11) is 0. The van der Waals surface area contributed by atoms with Crippen LogP contribution in [0.1, 0.15) is 0 Å². The van der Waals surface area contributed by atoms with Crippen molar-refractivity contribution in [2.24, 2.45) is 0 Å². The van der Waals surface area contributed by atoms with Gasteiger partial charge < -0.3 is 0 Å². The van der Waals surface area contributed by atoms with E-state index in [9.17, 15) is 0 Å². The Bertz CT molecular complexity index is 111. The van der Waals surface area contributed by atoms with Gasteiger partial charge in [0.25, 0.3) is 0 Å². The maximum absolute atomic E-state index is 3.46. The molecule has 5 heteroatoms. The minimum atomic E-state index is 1.50. The van der Waals surface area contributed by atoms with Gasteiger partial charge in [-0.25, -0.2) is 0 Å². The fraction of sp³-hybridized carbons (Fsp3) is 0. The lowest BCUT2D eigenvalue weighted by atomic mass is 11.4. The summed E-state index contributed by atoms with van der Waals surface area (Å²) in [5.74, 6) is 0. The van der Waals surface area contributed by atoms with Gasteiger partial charge in [-0.15, -0.1) is 5.10 Å². The highest BCUT2D eigenvalue weighted by atomic mass is 127. The Morgan fingerprint density at radius 3 is 2.67 bits per heavy atom. The zero-order valence-electron chi connectivity index (χ0n) is 2.74. The molecule has 0 amide bonds. The quantitative estimate of drug-likeness (QED) is 0.543. The largest absolute Gasteiger partial charge is 0.171 e. The molecule has 1 aromatic rings. The van der Waals surface area contributed by atoms with Crippen molar-refractivity contribution >= 4 is 22.9 Å². The molecule has 0 N–H and O–H groups in total. The van der Waals surface area contributed by atoms with Crippen molar-refractivity contribution in [1.29, 1.82) is 0 Å². The molecule has 0 aliphatic heterocycles. The fourth-order valence-corrected chi connectivity index (χ4v) is 0.348. The second kappa shape index (κ2) is 1.50. The van der Waals surface area contributed by atoms with Gasteiger partial charge in [0.15, 0.2) is 0 Å². The smallest absolute Gasteiger partial charge is 0.149 e. The summed E-state index contributed by atoms with van der Waals surface area (Å²) in [6.07, 6.45) is 1.51. The molecule has 1 aromatic heterocycles. The Hall–Kier alpha value is -0.200. The molecule has 32 valence electrons. The van der Waals surface area contributed by atoms with E-state index in [1.807, 2.05) is 22.9 Å². The zero-order chi connectivity index (χ0) is 4.41. The van der Waals surface area contributed by atoms with Crippen molar-refractivity contribution in [3.8, 4) is 0 Å². The zero-order valence-corrected chi connectivity index (χ0v) is 4.90. The summed E-state index contributed by atoms with van der Waals surface area (Å²) in [5, 5.41) is 10.2. The van der Waals surface area contributed by atoms with Gasteiger partial charge in [-0.2, -0.15) is 2.90 Å². The summed E-state index contributed by atoms with van der Waals surface area (Å²) >= 11 is 1.96. The predicted octanol–water partition coefficient (Wildman–Crippen LogP) is -0.129. The van der Waals surface area contributed by atoms with Gasteiger partial charge in [0, 0.05) is 0 Å². The van der Waals surface area contributed by atoms with Crippen molar-refractivity contribution < 1.29 is 0 Å². The number of nitrogens with zero attached hydrogens (tertiary/aromatic N) is 4. The molecule has 6 heavy (non-hydrogen) atoms. The first-order valence-corrected chi connectivity index (χ1v) is 2.25. The minimum absolute atomic E-state index is 1.50. The Kier molecular flexibility index (Phi) is 0.992. The molecule has 0 unspecified atom stereocenters. The highest BCUT2D eigenvalue weighted by Crippen LogP contribution is 1.79. The Balaban J connectivity index is 3.05. The lowest BCUT2D eigenvalue weighted by molar-refractivity contribution is 0.870. The number of aromatic nitrogens is 4. The highest BCUT2D eigenvalue weighted by molar-refractivity contribution is 14.1. The number of hydrogen-bond acceptors (Lipinski definition) is 3. The normalized spacial score (nSPS) is 8.83. The van der Waals surface area contributed by atoms with E-state index < -0.39 is 0 Å². The topological polar surface area (TPSA) is 43.6 Å². The fourth-order valence-electron chi connectivity index (χ4n) is 0.150. The van der Waals surface area contributed by atoms with Gasteiger partial charge in [-0.3, -0.25) is 0 Å². The van der Waals surface area contributed by atoms with Crippen LogP contribution in [0.4, 0.5) is 0 Å². The van der Waals surface area contributed by atoms with Gasteiger partial charge in [0.1, 0.15) is 6.33 Å². The van der Waals surface area contributed by atoms with Crippen molar-refractivity contribution in [3.05, 3.63) is 6.33 Å². The molecule has 0 saturated heterocycles. The van der Waals surface area contributed by atoms with Crippen LogP contribution in [0.3, 0.4) is 0 Å². The summed E-state index contributed by atoms with van der Waals surface area (Å²) < 4.78 is 1.50. The van der Waals surface area contributed by atoms with E-state index in [4.69, 9.17) is 0 Å². The van der Waals surface area contributed by atoms with E-state index in [-0.39, 0.29) is 0 Å². The third-order valence-electron chi connectivity index (χ3n) is 0.324. The van der Waals surface area contributed by atoms with Gasteiger partial charge in [-0.1, -0.05) is 0 Å². The van der Waals surface area contributed by atoms with Crippen LogP contribution in [0, 0.1) is 0 Å². The van der Waals surface area contributed by atoms with Crippen molar-refractivity contribution in [3.63, 3.8) is 0 Å². The number of halogens is 1. The highest BCUT2D eigenvalue weighted by Gasteiger charge is 1.75. The Morgan fingerprint density at radius 2 is 2.50 bits per heavy atom. The SMILES string of the molecule is In1cnnn1. The molecule has 0 aromatic carbocycles. The second-order valence-corrected chi connectivity index (χ2v) is 1.69. The molecule has 0 aliphatic rings. The summed E-state index contributed by atoms with van der Waals surface area (Å²) in [6.45, 7) is 0. The van der Waals surface area contributed by atoms with Crippen LogP contribution in [0.2, 0.25) is 0 Å². The summed E-state index contributed by atoms with van der Waals surface area (Å²) in [6, 6.07) is 0. The third-order valence-corrected chi connectivity index (χ3v) is 0.766. The van der Waals surface area contributed by atoms with E-state index in [0.717, 1.165) is 0 Å². The minimum Gasteiger partial charge on any atom is -0.171 e. The molecule has 0 bridgehead atoms. The molecule has 1 heterocycles. The van der Waals surface area contributed by atoms with Crippen molar-refractivity contribution in [2.45, 2.75) is 0 Å². The number of tetrazole rings is 1. The molecular weight excluding hydrogens is 195 g/mol. The van der Waals surface area contributed by atoms with E-state index in [1.54, 1.807) is 0 Å². The van der Waals surface area contributed by atoms with E-state index in [2.05, 4.69) is 15.5 Å². The molecule has 4 nitrogen and oxygen atoms in total. The van der Waals surface area contributed by atoms with Crippen molar-refractivity contribution in [2.75, 3.05) is 0 Å². The predicted molar refractivity (Wildman–Crippen MR) is 27.2 cm³/mol. The molecule has 0 spiro atoms. The first-order valence-electron chi connectivity index (χ1n) is 1.29. The summed E-state index contributed by atoms with van der Waals surface area (Å²) in [4.78, 5) is 0. The second-order valence-electron chi connectivity index (χ2n) is 0.698. The molecule has 0 atom stereocenters. The van der Waals surface area contributed by atoms with Crippen LogP contribution < -0.4 is 0 Å². The maximum atomic E-state index is 3.46. The first kappa shape index (κ1) is 3.97. The van der Waals surface area contributed by atoms with E-state index >= 15 is 0 Å². The van der Waals surface area contributed by atoms with Crippen LogP contribution >= 0.6 is 22.9 Å². The van der Waals surface area contributed by atoms with Gasteiger partial charge in [0.05, 0.1) is 22.9 Å². The third kappa shape index (κ3) is 0.644. The molecular formula is CHIN4. The van der Waals surface area contributed by atoms with E-state index in [0.29, 0.717) is 0 Å². The van der Waals surface area contributed by atoms with Gasteiger partial charge in [0.2, 0.25) is 0 Å². The van der Waals surface area contributed by atoms with Crippen LogP contribution in [0.15, 0.2) is 6.33 Å². The molecule has 0 radical (unpaired) electrons. The van der Waals surface area contributed by atoms with E-state index in [1.165, 1.54) is 9.22 Å². The summed E-state index contributed by atoms with van der Waals surface area (Å²) in [5.41, 5.74) is 0. The Labute approximate surface area is 48.0 Å². The van der Waals surface area contributed by atoms with Crippen LogP contribution in [-0.4, -0.2) is 18.4 Å². The van der Waals surface area contributed by atoms with Crippen molar-refractivity contribution in [1.82, 2.24) is 18.4 Å². The lowest BCUT2D eigenvalue weighted by Crippen LogP contribution is -1.75. The average molecular weight is 196 g/mol. The van der Waals surface area contributed by atoms with Gasteiger partial charge in [-0.05, 0) is 10.4 Å². The van der Waals surface area contributed by atoms with Crippen LogP contribution in [0.25, 0.3) is 0 Å². The molecule has 0 fully saturated rings.